The smallest absolute Gasteiger partial charge is 0.368 e. The molecule has 0 heterocycles. The zero-order valence-corrected chi connectivity index (χ0v) is 5.65. The van der Waals surface area contributed by atoms with Crippen molar-refractivity contribution in [2.24, 2.45) is 0 Å². The average molecular weight is 150 g/mol. The van der Waals surface area contributed by atoms with Gasteiger partial charge in [0.25, 0.3) is 0 Å². The minimum Gasteiger partial charge on any atom is -0.476 e. The van der Waals surface area contributed by atoms with Crippen molar-refractivity contribution in [1.82, 2.24) is 0 Å². The number of hydrogen-bond donors (Lipinski definition) is 1. The molecule has 0 amide bonds. The van der Waals surface area contributed by atoms with Crippen molar-refractivity contribution in [2.75, 3.05) is 0 Å². The third kappa shape index (κ3) is 2.21. The third-order valence-electron chi connectivity index (χ3n) is 1.21. The Hall–Kier alpha value is -1.64. The molecule has 1 N–H and O–H groups in total. The summed E-state index contributed by atoms with van der Waals surface area (Å²) >= 11 is 0. The number of aldehydes is 1. The van der Waals surface area contributed by atoms with Crippen molar-refractivity contribution in [1.29, 1.82) is 0 Å². The van der Waals surface area contributed by atoms with Crippen LogP contribution in [0.5, 0.6) is 0 Å². The summed E-state index contributed by atoms with van der Waals surface area (Å²) in [4.78, 5) is 17.9. The molecule has 3 heteroatoms. The maximum Gasteiger partial charge on any atom is 0.368 e. The van der Waals surface area contributed by atoms with Crippen molar-refractivity contribution in [3.63, 3.8) is 0 Å². The first-order valence-corrected chi connectivity index (χ1v) is 3.02. The van der Waals surface area contributed by atoms with Crippen LogP contribution in [0.2, 0.25) is 0 Å². The lowest BCUT2D eigenvalue weighted by atomic mass is 10.6. The monoisotopic (exact) mass is 150 g/mol. The lowest BCUT2D eigenvalue weighted by Gasteiger charge is -1.59. The molecule has 2 aliphatic rings. The van der Waals surface area contributed by atoms with Crippen LogP contribution in [0.4, 0.5) is 0 Å². The molecule has 0 aromatic carbocycles. The van der Waals surface area contributed by atoms with Gasteiger partial charge in [0, 0.05) is 0 Å². The molecule has 0 bridgehead atoms. The van der Waals surface area contributed by atoms with Crippen molar-refractivity contribution in [2.45, 2.75) is 0 Å². The van der Waals surface area contributed by atoms with Crippen LogP contribution in [0.15, 0.2) is 24.3 Å². The minimum atomic E-state index is -1.43. The van der Waals surface area contributed by atoms with Crippen molar-refractivity contribution >= 4 is 12.3 Å². The molecular weight excluding hydrogens is 144 g/mol. The summed E-state index contributed by atoms with van der Waals surface area (Å²) in [6, 6.07) is 8.48. The van der Waals surface area contributed by atoms with Gasteiger partial charge >= 0.3 is 5.97 Å². The second-order valence-electron chi connectivity index (χ2n) is 2.04. The SMILES string of the molecule is O=CC(=O)O.c1cc2cc-2c1. The van der Waals surface area contributed by atoms with Gasteiger partial charge in [-0.25, -0.2) is 4.79 Å². The molecule has 2 aliphatic carbocycles. The summed E-state index contributed by atoms with van der Waals surface area (Å²) in [5.74, 6) is -1.43. The number of aliphatic carboxylic acids is 1. The number of benzene rings is 1. The zero-order valence-electron chi connectivity index (χ0n) is 5.65. The topological polar surface area (TPSA) is 54.4 Å². The molecule has 11 heavy (non-hydrogen) atoms. The third-order valence-corrected chi connectivity index (χ3v) is 1.21. The predicted octanol–water partition coefficient (Wildman–Crippen LogP) is 0.937. The Morgan fingerprint density at radius 2 is 1.82 bits per heavy atom. The summed E-state index contributed by atoms with van der Waals surface area (Å²) in [6.45, 7) is 0. The lowest BCUT2D eigenvalue weighted by molar-refractivity contribution is -0.143. The molecule has 0 unspecified atom stereocenters. The Labute approximate surface area is 63.3 Å². The fourth-order valence-electron chi connectivity index (χ4n) is 0.676. The summed E-state index contributed by atoms with van der Waals surface area (Å²) in [5.41, 5.74) is 2.85. The summed E-state index contributed by atoms with van der Waals surface area (Å²) in [5, 5.41) is 7.35. The number of carbonyl (C=O) groups is 2. The van der Waals surface area contributed by atoms with Crippen LogP contribution in [-0.4, -0.2) is 17.4 Å². The quantitative estimate of drug-likeness (QED) is 0.486. The van der Waals surface area contributed by atoms with E-state index in [1.54, 1.807) is 0 Å². The van der Waals surface area contributed by atoms with E-state index in [0.29, 0.717) is 0 Å². The Bertz CT molecular complexity index is 274. The first-order chi connectivity index (χ1) is 5.24. The van der Waals surface area contributed by atoms with Crippen molar-refractivity contribution in [3.8, 4) is 11.1 Å². The average Bonchev–Trinajstić information content (AvgIpc) is 2.61. The molecule has 0 aromatic heterocycles. The van der Waals surface area contributed by atoms with Gasteiger partial charge in [-0.15, -0.1) is 0 Å². The molecular formula is C8H6O3. The Balaban J connectivity index is 0.000000114. The fraction of sp³-hybridized carbons (Fsp3) is 0. The Morgan fingerprint density at radius 3 is 1.91 bits per heavy atom. The van der Waals surface area contributed by atoms with Gasteiger partial charge < -0.3 is 5.11 Å². The summed E-state index contributed by atoms with van der Waals surface area (Å²) in [6.07, 6.45) is -0.167. The van der Waals surface area contributed by atoms with E-state index in [2.05, 4.69) is 24.3 Å². The molecule has 0 aliphatic heterocycles. The van der Waals surface area contributed by atoms with Gasteiger partial charge in [-0.3, -0.25) is 4.79 Å². The lowest BCUT2D eigenvalue weighted by Crippen LogP contribution is -1.91. The van der Waals surface area contributed by atoms with Gasteiger partial charge in [0.1, 0.15) is 0 Å². The van der Waals surface area contributed by atoms with E-state index in [1.807, 2.05) is 0 Å². The number of rotatable bonds is 1. The van der Waals surface area contributed by atoms with Crippen LogP contribution in [0, 0.1) is 0 Å². The van der Waals surface area contributed by atoms with E-state index in [4.69, 9.17) is 14.7 Å². The molecule has 3 nitrogen and oxygen atoms in total. The van der Waals surface area contributed by atoms with E-state index < -0.39 is 5.97 Å². The standard InChI is InChI=1S/C6H4.C2H2O3/c1-2-5-4-6(5)3-1;3-1-2(4)5/h1-4H;1H,(H,4,5). The number of fused-ring (bicyclic) bond motifs is 1. The second-order valence-corrected chi connectivity index (χ2v) is 2.04. The van der Waals surface area contributed by atoms with Crippen LogP contribution in [0.1, 0.15) is 0 Å². The molecule has 56 valence electrons. The largest absolute Gasteiger partial charge is 0.476 e. The number of carboxylic acid groups (broad SMARTS) is 1. The second kappa shape index (κ2) is 2.96. The molecule has 0 atom stereocenters. The zero-order chi connectivity index (χ0) is 8.27. The molecule has 2 rings (SSSR count). The Kier molecular flexibility index (Phi) is 2.01. The molecule has 0 saturated carbocycles. The Morgan fingerprint density at radius 1 is 1.36 bits per heavy atom. The molecule has 0 spiro atoms. The minimum absolute atomic E-state index is 0.167. The van der Waals surface area contributed by atoms with Crippen LogP contribution >= 0.6 is 0 Å². The summed E-state index contributed by atoms with van der Waals surface area (Å²) < 4.78 is 0. The highest BCUT2D eigenvalue weighted by Crippen LogP contribution is 2.32. The highest BCUT2D eigenvalue weighted by molar-refractivity contribution is 6.19. The van der Waals surface area contributed by atoms with Gasteiger partial charge in [-0.05, 0) is 17.2 Å². The number of carbonyl (C=O) groups excluding carboxylic acids is 1. The van der Waals surface area contributed by atoms with Crippen molar-refractivity contribution < 1.29 is 14.7 Å². The van der Waals surface area contributed by atoms with Crippen molar-refractivity contribution in [3.05, 3.63) is 24.3 Å². The molecule has 0 saturated heterocycles. The predicted molar refractivity (Wildman–Crippen MR) is 39.1 cm³/mol. The normalized spacial score (nSPS) is 9.09. The number of hydrogen-bond acceptors (Lipinski definition) is 2. The first kappa shape index (κ1) is 7.47. The highest BCUT2D eigenvalue weighted by atomic mass is 16.4. The van der Waals surface area contributed by atoms with E-state index in [1.165, 1.54) is 11.1 Å². The maximum atomic E-state index is 9.00. The van der Waals surface area contributed by atoms with Crippen LogP contribution in [-0.2, 0) is 9.59 Å². The fourth-order valence-corrected chi connectivity index (χ4v) is 0.676. The van der Waals surface area contributed by atoms with Crippen LogP contribution in [0.25, 0.3) is 11.1 Å². The van der Waals surface area contributed by atoms with E-state index >= 15 is 0 Å². The first-order valence-electron chi connectivity index (χ1n) is 3.02. The summed E-state index contributed by atoms with van der Waals surface area (Å²) in [7, 11) is 0. The van der Waals surface area contributed by atoms with Gasteiger partial charge in [0.05, 0.1) is 0 Å². The van der Waals surface area contributed by atoms with E-state index in [-0.39, 0.29) is 6.29 Å². The van der Waals surface area contributed by atoms with Gasteiger partial charge in [-0.1, -0.05) is 18.2 Å². The van der Waals surface area contributed by atoms with E-state index in [9.17, 15) is 0 Å². The van der Waals surface area contributed by atoms with Gasteiger partial charge in [-0.2, -0.15) is 0 Å². The molecule has 0 radical (unpaired) electrons. The van der Waals surface area contributed by atoms with Gasteiger partial charge in [0.15, 0.2) is 0 Å². The number of carboxylic acids is 1. The van der Waals surface area contributed by atoms with E-state index in [0.717, 1.165) is 0 Å². The van der Waals surface area contributed by atoms with Crippen LogP contribution in [0.3, 0.4) is 0 Å². The maximum absolute atomic E-state index is 9.00. The van der Waals surface area contributed by atoms with Crippen LogP contribution < -0.4 is 0 Å². The van der Waals surface area contributed by atoms with Gasteiger partial charge in [0.2, 0.25) is 6.29 Å². The molecule has 0 aromatic rings. The molecule has 0 fully saturated rings. The highest BCUT2D eigenvalue weighted by Gasteiger charge is 2.06.